The lowest BCUT2D eigenvalue weighted by Gasteiger charge is -2.26. The molecular weight excluding hydrogens is 283 g/mol. The molecule has 1 aromatic carbocycles. The zero-order valence-corrected chi connectivity index (χ0v) is 11.9. The highest BCUT2D eigenvalue weighted by Gasteiger charge is 2.28. The molecule has 1 aromatic rings. The third kappa shape index (κ3) is 3.20. The molecule has 0 unspecified atom stereocenters. The first-order chi connectivity index (χ1) is 9.13. The molecule has 2 rings (SSSR count). The van der Waals surface area contributed by atoms with E-state index in [0.717, 1.165) is 25.7 Å². The van der Waals surface area contributed by atoms with Crippen LogP contribution in [0.4, 0.5) is 0 Å². The summed E-state index contributed by atoms with van der Waals surface area (Å²) in [6.45, 7) is 0.0997. The largest absolute Gasteiger partial charge is 0.322 e. The van der Waals surface area contributed by atoms with Gasteiger partial charge in [-0.05, 0) is 31.0 Å². The molecule has 1 fully saturated rings. The maximum atomic E-state index is 12.5. The molecule has 0 N–H and O–H groups in total. The van der Waals surface area contributed by atoms with Gasteiger partial charge in [0, 0.05) is 11.1 Å². The minimum absolute atomic E-state index is 0.0997. The van der Waals surface area contributed by atoms with Crippen molar-refractivity contribution in [3.63, 3.8) is 0 Å². The Morgan fingerprint density at radius 2 is 2.05 bits per heavy atom. The third-order valence-electron chi connectivity index (χ3n) is 3.43. The Balaban J connectivity index is 2.25. The van der Waals surface area contributed by atoms with E-state index in [4.69, 9.17) is 28.5 Å². The van der Waals surface area contributed by atoms with Crippen molar-refractivity contribution in [2.75, 3.05) is 6.54 Å². The molecule has 3 nitrogen and oxygen atoms in total. The predicted octanol–water partition coefficient (Wildman–Crippen LogP) is 3.90. The van der Waals surface area contributed by atoms with Crippen molar-refractivity contribution < 1.29 is 4.79 Å². The standard InChI is InChI=1S/C14H14Cl2N2O/c15-10-5-6-12(13(16)9-10)14(19)18(8-7-17)11-3-1-2-4-11/h5-6,9,11H,1-4,8H2. The molecular formula is C14H14Cl2N2O. The average molecular weight is 297 g/mol. The highest BCUT2D eigenvalue weighted by molar-refractivity contribution is 6.36. The van der Waals surface area contributed by atoms with Crippen molar-refractivity contribution in [3.8, 4) is 6.07 Å². The van der Waals surface area contributed by atoms with E-state index < -0.39 is 0 Å². The van der Waals surface area contributed by atoms with E-state index >= 15 is 0 Å². The molecule has 1 saturated carbocycles. The molecule has 5 heteroatoms. The quantitative estimate of drug-likeness (QED) is 0.794. The summed E-state index contributed by atoms with van der Waals surface area (Å²) in [7, 11) is 0. The van der Waals surface area contributed by atoms with Crippen molar-refractivity contribution >= 4 is 29.1 Å². The Bertz CT molecular complexity index is 519. The fraction of sp³-hybridized carbons (Fsp3) is 0.429. The molecule has 1 aliphatic rings. The third-order valence-corrected chi connectivity index (χ3v) is 3.98. The minimum atomic E-state index is -0.185. The Morgan fingerprint density at radius 3 is 2.63 bits per heavy atom. The molecule has 0 heterocycles. The fourth-order valence-corrected chi connectivity index (χ4v) is 2.97. The number of benzene rings is 1. The van der Waals surface area contributed by atoms with Gasteiger partial charge < -0.3 is 4.90 Å². The first-order valence-corrected chi connectivity index (χ1v) is 7.02. The molecule has 0 atom stereocenters. The van der Waals surface area contributed by atoms with E-state index in [-0.39, 0.29) is 18.5 Å². The van der Waals surface area contributed by atoms with Crippen LogP contribution in [0.3, 0.4) is 0 Å². The van der Waals surface area contributed by atoms with E-state index in [1.54, 1.807) is 23.1 Å². The first-order valence-electron chi connectivity index (χ1n) is 6.26. The predicted molar refractivity (Wildman–Crippen MR) is 75.4 cm³/mol. The monoisotopic (exact) mass is 296 g/mol. The van der Waals surface area contributed by atoms with Gasteiger partial charge in [-0.1, -0.05) is 36.0 Å². The van der Waals surface area contributed by atoms with Gasteiger partial charge in [0.1, 0.15) is 6.54 Å². The van der Waals surface area contributed by atoms with Crippen LogP contribution in [0.2, 0.25) is 10.0 Å². The number of amides is 1. The molecule has 0 radical (unpaired) electrons. The number of halogens is 2. The van der Waals surface area contributed by atoms with Gasteiger partial charge in [0.25, 0.3) is 5.91 Å². The van der Waals surface area contributed by atoms with Gasteiger partial charge in [0.05, 0.1) is 16.7 Å². The summed E-state index contributed by atoms with van der Waals surface area (Å²) in [6.07, 6.45) is 4.12. The number of rotatable bonds is 3. The van der Waals surface area contributed by atoms with Crippen LogP contribution in [0.5, 0.6) is 0 Å². The average Bonchev–Trinajstić information content (AvgIpc) is 2.89. The van der Waals surface area contributed by atoms with Gasteiger partial charge >= 0.3 is 0 Å². The van der Waals surface area contributed by atoms with Crippen LogP contribution in [-0.2, 0) is 0 Å². The second kappa shape index (κ2) is 6.27. The molecule has 0 bridgehead atoms. The molecule has 1 aliphatic carbocycles. The van der Waals surface area contributed by atoms with E-state index in [1.807, 2.05) is 0 Å². The van der Waals surface area contributed by atoms with Crippen molar-refractivity contribution in [2.24, 2.45) is 0 Å². The highest BCUT2D eigenvalue weighted by atomic mass is 35.5. The number of hydrogen-bond donors (Lipinski definition) is 0. The molecule has 0 saturated heterocycles. The van der Waals surface area contributed by atoms with E-state index in [9.17, 15) is 4.79 Å². The second-order valence-electron chi connectivity index (χ2n) is 4.65. The summed E-state index contributed by atoms with van der Waals surface area (Å²) in [4.78, 5) is 14.1. The Hall–Kier alpha value is -1.24. The normalized spacial score (nSPS) is 15.2. The summed E-state index contributed by atoms with van der Waals surface area (Å²) < 4.78 is 0. The number of nitrogens with zero attached hydrogens (tertiary/aromatic N) is 2. The molecule has 100 valence electrons. The summed E-state index contributed by atoms with van der Waals surface area (Å²) in [5.41, 5.74) is 0.410. The van der Waals surface area contributed by atoms with Crippen LogP contribution in [0.25, 0.3) is 0 Å². The summed E-state index contributed by atoms with van der Waals surface area (Å²) in [5, 5.41) is 9.73. The first kappa shape index (κ1) is 14.2. The highest BCUT2D eigenvalue weighted by Crippen LogP contribution is 2.27. The van der Waals surface area contributed by atoms with Crippen molar-refractivity contribution in [2.45, 2.75) is 31.7 Å². The minimum Gasteiger partial charge on any atom is -0.322 e. The van der Waals surface area contributed by atoms with Gasteiger partial charge in [-0.25, -0.2) is 0 Å². The zero-order chi connectivity index (χ0) is 13.8. The van der Waals surface area contributed by atoms with Crippen LogP contribution in [0.15, 0.2) is 18.2 Å². The Kier molecular flexibility index (Phi) is 4.68. The lowest BCUT2D eigenvalue weighted by molar-refractivity contribution is 0.0709. The Labute approximate surface area is 122 Å². The number of hydrogen-bond acceptors (Lipinski definition) is 2. The van der Waals surface area contributed by atoms with Gasteiger partial charge in [0.2, 0.25) is 0 Å². The van der Waals surface area contributed by atoms with Crippen molar-refractivity contribution in [3.05, 3.63) is 33.8 Å². The van der Waals surface area contributed by atoms with Crippen LogP contribution < -0.4 is 0 Å². The fourth-order valence-electron chi connectivity index (χ4n) is 2.48. The van der Waals surface area contributed by atoms with Gasteiger partial charge in [-0.3, -0.25) is 4.79 Å². The summed E-state index contributed by atoms with van der Waals surface area (Å²) >= 11 is 11.9. The van der Waals surface area contributed by atoms with E-state index in [0.29, 0.717) is 15.6 Å². The van der Waals surface area contributed by atoms with Crippen molar-refractivity contribution in [1.82, 2.24) is 4.90 Å². The maximum absolute atomic E-state index is 12.5. The molecule has 0 aromatic heterocycles. The van der Waals surface area contributed by atoms with Crippen LogP contribution in [0, 0.1) is 11.3 Å². The lowest BCUT2D eigenvalue weighted by Crippen LogP contribution is -2.39. The van der Waals surface area contributed by atoms with Gasteiger partial charge in [-0.2, -0.15) is 5.26 Å². The number of nitriles is 1. The SMILES string of the molecule is N#CCN(C(=O)c1ccc(Cl)cc1Cl)C1CCCC1. The summed E-state index contributed by atoms with van der Waals surface area (Å²) in [6, 6.07) is 7.02. The number of carbonyl (C=O) groups excluding carboxylic acids is 1. The van der Waals surface area contributed by atoms with Crippen LogP contribution in [-0.4, -0.2) is 23.4 Å². The van der Waals surface area contributed by atoms with Crippen molar-refractivity contribution in [1.29, 1.82) is 5.26 Å². The van der Waals surface area contributed by atoms with Crippen LogP contribution in [0.1, 0.15) is 36.0 Å². The van der Waals surface area contributed by atoms with Crippen LogP contribution >= 0.6 is 23.2 Å². The zero-order valence-electron chi connectivity index (χ0n) is 10.4. The maximum Gasteiger partial charge on any atom is 0.256 e. The van der Waals surface area contributed by atoms with Gasteiger partial charge in [0.15, 0.2) is 0 Å². The second-order valence-corrected chi connectivity index (χ2v) is 5.50. The summed E-state index contributed by atoms with van der Waals surface area (Å²) in [5.74, 6) is -0.185. The van der Waals surface area contributed by atoms with E-state index in [2.05, 4.69) is 6.07 Å². The topological polar surface area (TPSA) is 44.1 Å². The van der Waals surface area contributed by atoms with E-state index in [1.165, 1.54) is 0 Å². The molecule has 1 amide bonds. The Morgan fingerprint density at radius 1 is 1.37 bits per heavy atom. The van der Waals surface area contributed by atoms with Gasteiger partial charge in [-0.15, -0.1) is 0 Å². The smallest absolute Gasteiger partial charge is 0.256 e. The molecule has 0 spiro atoms. The lowest BCUT2D eigenvalue weighted by atomic mass is 10.1. The molecule has 19 heavy (non-hydrogen) atoms. The number of carbonyl (C=O) groups is 1. The molecule has 0 aliphatic heterocycles.